The number of aromatic hydroxyl groups is 1. The average Bonchev–Trinajstić information content (AvgIpc) is 2.11. The number of aromatic nitrogens is 1. The molecule has 1 aromatic heterocycles. The summed E-state index contributed by atoms with van der Waals surface area (Å²) in [5.74, 6) is -0.344. The molecule has 3 N–H and O–H groups in total. The van der Waals surface area contributed by atoms with E-state index in [-0.39, 0.29) is 11.6 Å². The first-order valence-electron chi connectivity index (χ1n) is 4.32. The molecule has 0 spiro atoms. The number of amides is 1. The van der Waals surface area contributed by atoms with Crippen LogP contribution in [0.4, 0.5) is 5.69 Å². The molecule has 0 fully saturated rings. The quantitative estimate of drug-likeness (QED) is 0.612. The molecule has 0 saturated heterocycles. The molecular formula is C9H12N2O4. The second-order valence-corrected chi connectivity index (χ2v) is 3.13. The molecule has 0 radical (unpaired) electrons. The number of nitrogens with zero attached hydrogens (tertiary/aromatic N) is 1. The molecule has 0 aliphatic heterocycles. The van der Waals surface area contributed by atoms with E-state index in [1.165, 1.54) is 13.0 Å². The van der Waals surface area contributed by atoms with Gasteiger partial charge < -0.3 is 15.5 Å². The van der Waals surface area contributed by atoms with Crippen molar-refractivity contribution in [3.63, 3.8) is 0 Å². The number of aliphatic hydroxyl groups excluding tert-OH is 1. The summed E-state index contributed by atoms with van der Waals surface area (Å²) in [7, 11) is 0. The first-order chi connectivity index (χ1) is 6.99. The van der Waals surface area contributed by atoms with Crippen LogP contribution in [0.3, 0.4) is 0 Å². The molecule has 1 amide bonds. The first-order valence-corrected chi connectivity index (χ1v) is 4.32. The number of nitrogens with one attached hydrogen (secondary N) is 1. The summed E-state index contributed by atoms with van der Waals surface area (Å²) in [5, 5.41) is 20.9. The number of aryl methyl sites for hydroxylation is 1. The summed E-state index contributed by atoms with van der Waals surface area (Å²) < 4.78 is 0.777. The zero-order valence-corrected chi connectivity index (χ0v) is 8.39. The smallest absolute Gasteiger partial charge is 0.279 e. The molecule has 1 aromatic rings. The highest BCUT2D eigenvalue weighted by Crippen LogP contribution is 2.18. The zero-order chi connectivity index (χ0) is 11.6. The Morgan fingerprint density at radius 3 is 2.67 bits per heavy atom. The van der Waals surface area contributed by atoms with E-state index >= 15 is 0 Å². The number of aliphatic hydroxyl groups is 1. The van der Waals surface area contributed by atoms with Crippen LogP contribution >= 0.6 is 0 Å². The van der Waals surface area contributed by atoms with Gasteiger partial charge >= 0.3 is 0 Å². The van der Waals surface area contributed by atoms with Crippen LogP contribution in [-0.2, 0) is 4.79 Å². The standard InChI is InChI=1S/C9H12N2O4/c1-5-3-7(14)11(6(2)13)9(15)8(5)10-4-12/h3-4,6,13-14H,1-2H3,(H,10,12). The van der Waals surface area contributed by atoms with Crippen LogP contribution < -0.4 is 10.9 Å². The van der Waals surface area contributed by atoms with Gasteiger partial charge in [0.25, 0.3) is 5.56 Å². The highest BCUT2D eigenvalue weighted by atomic mass is 16.3. The maximum Gasteiger partial charge on any atom is 0.279 e. The third-order valence-electron chi connectivity index (χ3n) is 2.00. The number of carbonyl (C=O) groups is 1. The van der Waals surface area contributed by atoms with E-state index < -0.39 is 11.8 Å². The second kappa shape index (κ2) is 4.14. The van der Waals surface area contributed by atoms with Crippen LogP contribution in [0, 0.1) is 6.92 Å². The van der Waals surface area contributed by atoms with Crippen molar-refractivity contribution in [1.29, 1.82) is 0 Å². The van der Waals surface area contributed by atoms with Crippen molar-refractivity contribution in [3.05, 3.63) is 22.0 Å². The fraction of sp³-hybridized carbons (Fsp3) is 0.333. The Kier molecular flexibility index (Phi) is 3.11. The Labute approximate surface area is 85.8 Å². The summed E-state index contributed by atoms with van der Waals surface area (Å²) in [5.41, 5.74) is -0.167. The van der Waals surface area contributed by atoms with Gasteiger partial charge in [0, 0.05) is 6.07 Å². The molecule has 1 unspecified atom stereocenters. The lowest BCUT2D eigenvalue weighted by Gasteiger charge is -2.14. The van der Waals surface area contributed by atoms with Crippen molar-refractivity contribution in [3.8, 4) is 5.88 Å². The van der Waals surface area contributed by atoms with Gasteiger partial charge in [-0.2, -0.15) is 0 Å². The van der Waals surface area contributed by atoms with Crippen LogP contribution in [0.2, 0.25) is 0 Å². The fourth-order valence-corrected chi connectivity index (χ4v) is 1.32. The van der Waals surface area contributed by atoms with Crippen molar-refractivity contribution in [2.45, 2.75) is 20.1 Å². The van der Waals surface area contributed by atoms with E-state index in [0.717, 1.165) is 4.57 Å². The number of carbonyl (C=O) groups excluding carboxylic acids is 1. The van der Waals surface area contributed by atoms with Crippen LogP contribution in [0.1, 0.15) is 18.7 Å². The number of anilines is 1. The van der Waals surface area contributed by atoms with Gasteiger partial charge in [-0.15, -0.1) is 0 Å². The molecule has 1 atom stereocenters. The van der Waals surface area contributed by atoms with Crippen LogP contribution in [0.25, 0.3) is 0 Å². The lowest BCUT2D eigenvalue weighted by atomic mass is 10.2. The minimum Gasteiger partial charge on any atom is -0.494 e. The molecule has 1 heterocycles. The van der Waals surface area contributed by atoms with E-state index in [0.29, 0.717) is 12.0 Å². The predicted octanol–water partition coefficient (Wildman–Crippen LogP) is -0.0586. The molecule has 0 aliphatic carbocycles. The molecule has 6 heteroatoms. The van der Waals surface area contributed by atoms with Gasteiger partial charge in [-0.25, -0.2) is 0 Å². The summed E-state index contributed by atoms with van der Waals surface area (Å²) in [6.45, 7) is 2.90. The lowest BCUT2D eigenvalue weighted by molar-refractivity contribution is -0.105. The molecule has 0 bridgehead atoms. The molecule has 0 aromatic carbocycles. The molecular weight excluding hydrogens is 200 g/mol. The summed E-state index contributed by atoms with van der Waals surface area (Å²) in [6, 6.07) is 1.29. The highest BCUT2D eigenvalue weighted by Gasteiger charge is 2.14. The maximum atomic E-state index is 11.7. The van der Waals surface area contributed by atoms with Crippen LogP contribution in [-0.4, -0.2) is 21.2 Å². The van der Waals surface area contributed by atoms with Crippen LogP contribution in [0.15, 0.2) is 10.9 Å². The van der Waals surface area contributed by atoms with Crippen molar-refractivity contribution in [1.82, 2.24) is 4.57 Å². The Morgan fingerprint density at radius 1 is 1.60 bits per heavy atom. The van der Waals surface area contributed by atoms with Gasteiger partial charge in [-0.05, 0) is 19.4 Å². The number of hydrogen-bond donors (Lipinski definition) is 3. The second-order valence-electron chi connectivity index (χ2n) is 3.13. The van der Waals surface area contributed by atoms with E-state index in [9.17, 15) is 19.8 Å². The zero-order valence-electron chi connectivity index (χ0n) is 8.39. The molecule has 0 saturated carbocycles. The van der Waals surface area contributed by atoms with Gasteiger partial charge in [-0.1, -0.05) is 0 Å². The Balaban J connectivity index is 3.49. The van der Waals surface area contributed by atoms with E-state index in [1.807, 2.05) is 0 Å². The molecule has 0 aliphatic rings. The van der Waals surface area contributed by atoms with Gasteiger partial charge in [-0.3, -0.25) is 14.2 Å². The summed E-state index contributed by atoms with van der Waals surface area (Å²) in [4.78, 5) is 21.9. The Hall–Kier alpha value is -1.82. The highest BCUT2D eigenvalue weighted by molar-refractivity contribution is 5.72. The fourth-order valence-electron chi connectivity index (χ4n) is 1.32. The topological polar surface area (TPSA) is 91.6 Å². The largest absolute Gasteiger partial charge is 0.494 e. The van der Waals surface area contributed by atoms with Crippen molar-refractivity contribution >= 4 is 12.1 Å². The third kappa shape index (κ3) is 1.99. The minimum absolute atomic E-state index is 0.0451. The number of hydrogen-bond acceptors (Lipinski definition) is 4. The average molecular weight is 212 g/mol. The van der Waals surface area contributed by atoms with Gasteiger partial charge in [0.05, 0.1) is 0 Å². The lowest BCUT2D eigenvalue weighted by Crippen LogP contribution is -2.26. The summed E-state index contributed by atoms with van der Waals surface area (Å²) >= 11 is 0. The molecule has 6 nitrogen and oxygen atoms in total. The van der Waals surface area contributed by atoms with Crippen molar-refractivity contribution in [2.75, 3.05) is 5.32 Å². The Bertz CT molecular complexity index is 436. The van der Waals surface area contributed by atoms with Crippen LogP contribution in [0.5, 0.6) is 5.88 Å². The monoisotopic (exact) mass is 212 g/mol. The third-order valence-corrected chi connectivity index (χ3v) is 2.00. The SMILES string of the molecule is Cc1cc(O)n(C(C)O)c(=O)c1NC=O. The predicted molar refractivity (Wildman–Crippen MR) is 53.7 cm³/mol. The minimum atomic E-state index is -1.16. The molecule has 15 heavy (non-hydrogen) atoms. The van der Waals surface area contributed by atoms with Gasteiger partial charge in [0.15, 0.2) is 5.88 Å². The Morgan fingerprint density at radius 2 is 2.20 bits per heavy atom. The van der Waals surface area contributed by atoms with Crippen molar-refractivity contribution < 1.29 is 15.0 Å². The van der Waals surface area contributed by atoms with E-state index in [1.54, 1.807) is 6.92 Å². The number of pyridine rings is 1. The van der Waals surface area contributed by atoms with Crippen molar-refractivity contribution in [2.24, 2.45) is 0 Å². The van der Waals surface area contributed by atoms with Gasteiger partial charge in [0.1, 0.15) is 11.9 Å². The normalized spacial score (nSPS) is 12.2. The molecule has 1 rings (SSSR count). The first kappa shape index (κ1) is 11.3. The van der Waals surface area contributed by atoms with E-state index in [2.05, 4.69) is 5.32 Å². The van der Waals surface area contributed by atoms with E-state index in [4.69, 9.17) is 0 Å². The summed E-state index contributed by atoms with van der Waals surface area (Å²) in [6.07, 6.45) is -0.794. The van der Waals surface area contributed by atoms with Gasteiger partial charge in [0.2, 0.25) is 6.41 Å². The molecule has 82 valence electrons. The maximum absolute atomic E-state index is 11.7. The number of rotatable bonds is 3.